The van der Waals surface area contributed by atoms with Crippen molar-refractivity contribution in [1.82, 2.24) is 10.3 Å². The molecule has 2 N–H and O–H groups in total. The lowest BCUT2D eigenvalue weighted by molar-refractivity contribution is 0.595. The first-order valence-corrected chi connectivity index (χ1v) is 8.82. The van der Waals surface area contributed by atoms with Crippen LogP contribution in [0, 0.1) is 0 Å². The van der Waals surface area contributed by atoms with Crippen LogP contribution in [0.3, 0.4) is 0 Å². The second kappa shape index (κ2) is 4.79. The fraction of sp³-hybridized carbons (Fsp3) is 0.727. The maximum absolute atomic E-state index is 11.8. The summed E-state index contributed by atoms with van der Waals surface area (Å²) in [4.78, 5) is 5.58. The van der Waals surface area contributed by atoms with Crippen molar-refractivity contribution < 1.29 is 8.42 Å². The second-order valence-electron chi connectivity index (χ2n) is 4.89. The van der Waals surface area contributed by atoms with Crippen LogP contribution in [0.15, 0.2) is 0 Å². The van der Waals surface area contributed by atoms with Crippen LogP contribution < -0.4 is 10.0 Å². The van der Waals surface area contributed by atoms with Crippen molar-refractivity contribution in [3.05, 3.63) is 10.6 Å². The van der Waals surface area contributed by atoms with Crippen LogP contribution >= 0.6 is 11.3 Å². The SMILES string of the molecule is O=S(=O)(CCNC1CC1)Nc1nc2c(s1)CCC2. The number of nitrogens with one attached hydrogen (secondary N) is 2. The number of sulfonamides is 1. The molecule has 5 nitrogen and oxygen atoms in total. The molecule has 0 bridgehead atoms. The number of anilines is 1. The number of aryl methyl sites for hydroxylation is 2. The predicted molar refractivity (Wildman–Crippen MR) is 72.6 cm³/mol. The predicted octanol–water partition coefficient (Wildman–Crippen LogP) is 1.13. The maximum Gasteiger partial charge on any atom is 0.235 e. The molecule has 0 radical (unpaired) electrons. The van der Waals surface area contributed by atoms with Crippen LogP contribution in [0.2, 0.25) is 0 Å². The summed E-state index contributed by atoms with van der Waals surface area (Å²) >= 11 is 1.48. The highest BCUT2D eigenvalue weighted by Crippen LogP contribution is 2.30. The van der Waals surface area contributed by atoms with E-state index in [0.29, 0.717) is 17.7 Å². The van der Waals surface area contributed by atoms with Crippen LogP contribution in [0.4, 0.5) is 5.13 Å². The first-order valence-electron chi connectivity index (χ1n) is 6.35. The van der Waals surface area contributed by atoms with Crippen molar-refractivity contribution in [2.24, 2.45) is 0 Å². The monoisotopic (exact) mass is 287 g/mol. The molecule has 0 aliphatic heterocycles. The Balaban J connectivity index is 1.55. The van der Waals surface area contributed by atoms with Gasteiger partial charge in [-0.05, 0) is 32.1 Å². The molecule has 0 atom stereocenters. The van der Waals surface area contributed by atoms with E-state index in [1.165, 1.54) is 29.1 Å². The Bertz CT molecular complexity index is 513. The average Bonchev–Trinajstić information content (AvgIpc) is 2.86. The molecule has 2 aliphatic rings. The van der Waals surface area contributed by atoms with Crippen LogP contribution in [-0.4, -0.2) is 31.7 Å². The topological polar surface area (TPSA) is 71.1 Å². The third-order valence-corrected chi connectivity index (χ3v) is 5.67. The summed E-state index contributed by atoms with van der Waals surface area (Å²) in [5, 5.41) is 3.73. The van der Waals surface area contributed by atoms with Crippen LogP contribution in [0.5, 0.6) is 0 Å². The number of aromatic nitrogens is 1. The number of hydrogen-bond donors (Lipinski definition) is 2. The molecule has 2 aliphatic carbocycles. The Hall–Kier alpha value is -0.660. The quantitative estimate of drug-likeness (QED) is 0.822. The average molecular weight is 287 g/mol. The number of hydrogen-bond acceptors (Lipinski definition) is 5. The molecule has 3 rings (SSSR count). The Morgan fingerprint density at radius 3 is 2.89 bits per heavy atom. The van der Waals surface area contributed by atoms with E-state index in [2.05, 4.69) is 15.0 Å². The molecule has 0 saturated heterocycles. The summed E-state index contributed by atoms with van der Waals surface area (Å²) in [6, 6.07) is 0.545. The molecule has 7 heteroatoms. The highest BCUT2D eigenvalue weighted by Gasteiger charge is 2.22. The Morgan fingerprint density at radius 1 is 1.33 bits per heavy atom. The van der Waals surface area contributed by atoms with Crippen molar-refractivity contribution in [2.75, 3.05) is 17.0 Å². The first-order chi connectivity index (χ1) is 8.62. The van der Waals surface area contributed by atoms with Gasteiger partial charge in [0, 0.05) is 17.5 Å². The molecule has 1 aromatic heterocycles. The van der Waals surface area contributed by atoms with Crippen LogP contribution in [-0.2, 0) is 22.9 Å². The van der Waals surface area contributed by atoms with E-state index in [4.69, 9.17) is 0 Å². The van der Waals surface area contributed by atoms with E-state index in [1.54, 1.807) is 0 Å². The third-order valence-electron chi connectivity index (χ3n) is 3.22. The molecule has 1 saturated carbocycles. The minimum atomic E-state index is -3.25. The van der Waals surface area contributed by atoms with Crippen LogP contribution in [0.25, 0.3) is 0 Å². The molecular formula is C11H17N3O2S2. The Morgan fingerprint density at radius 2 is 2.17 bits per heavy atom. The molecule has 0 spiro atoms. The summed E-state index contributed by atoms with van der Waals surface area (Å²) < 4.78 is 26.3. The molecule has 0 unspecified atom stereocenters. The summed E-state index contributed by atoms with van der Waals surface area (Å²) in [7, 11) is -3.25. The van der Waals surface area contributed by atoms with Crippen molar-refractivity contribution in [3.63, 3.8) is 0 Å². The number of fused-ring (bicyclic) bond motifs is 1. The van der Waals surface area contributed by atoms with E-state index >= 15 is 0 Å². The van der Waals surface area contributed by atoms with Gasteiger partial charge < -0.3 is 5.32 Å². The lowest BCUT2D eigenvalue weighted by Crippen LogP contribution is -2.27. The standard InChI is InChI=1S/C11H17N3O2S2/c15-18(16,7-6-12-8-4-5-8)14-11-13-9-2-1-3-10(9)17-11/h8,12H,1-7H2,(H,13,14). The molecule has 18 heavy (non-hydrogen) atoms. The Labute approximate surface area is 111 Å². The van der Waals surface area contributed by atoms with Crippen molar-refractivity contribution in [1.29, 1.82) is 0 Å². The Kier molecular flexibility index (Phi) is 3.29. The zero-order chi connectivity index (χ0) is 12.6. The largest absolute Gasteiger partial charge is 0.313 e. The van der Waals surface area contributed by atoms with E-state index in [9.17, 15) is 8.42 Å². The van der Waals surface area contributed by atoms with E-state index in [-0.39, 0.29) is 5.75 Å². The normalized spacial score (nSPS) is 18.9. The molecule has 0 aromatic carbocycles. The fourth-order valence-electron chi connectivity index (χ4n) is 2.10. The fourth-order valence-corrected chi connectivity index (χ4v) is 4.35. The van der Waals surface area contributed by atoms with Gasteiger partial charge in [-0.1, -0.05) is 0 Å². The highest BCUT2D eigenvalue weighted by molar-refractivity contribution is 7.92. The highest BCUT2D eigenvalue weighted by atomic mass is 32.2. The van der Waals surface area contributed by atoms with Crippen LogP contribution in [0.1, 0.15) is 29.8 Å². The lowest BCUT2D eigenvalue weighted by Gasteiger charge is -2.05. The van der Waals surface area contributed by atoms with Gasteiger partial charge in [-0.15, -0.1) is 11.3 Å². The molecular weight excluding hydrogens is 270 g/mol. The van der Waals surface area contributed by atoms with Gasteiger partial charge in [-0.3, -0.25) is 4.72 Å². The minimum absolute atomic E-state index is 0.119. The second-order valence-corrected chi connectivity index (χ2v) is 7.82. The van der Waals surface area contributed by atoms with E-state index in [0.717, 1.165) is 25.0 Å². The van der Waals surface area contributed by atoms with Gasteiger partial charge in [-0.2, -0.15) is 0 Å². The summed E-state index contributed by atoms with van der Waals surface area (Å²) in [5.74, 6) is 0.119. The van der Waals surface area contributed by atoms with Crippen molar-refractivity contribution in [2.45, 2.75) is 38.1 Å². The molecule has 1 fully saturated rings. The summed E-state index contributed by atoms with van der Waals surface area (Å²) in [6.07, 6.45) is 5.51. The number of thiazole rings is 1. The zero-order valence-corrected chi connectivity index (χ0v) is 11.7. The summed E-state index contributed by atoms with van der Waals surface area (Å²) in [5.41, 5.74) is 1.08. The molecule has 0 amide bonds. The van der Waals surface area contributed by atoms with Gasteiger partial charge in [0.1, 0.15) is 0 Å². The van der Waals surface area contributed by atoms with Gasteiger partial charge in [0.2, 0.25) is 10.0 Å². The summed E-state index contributed by atoms with van der Waals surface area (Å²) in [6.45, 7) is 0.519. The smallest absolute Gasteiger partial charge is 0.235 e. The van der Waals surface area contributed by atoms with Crippen molar-refractivity contribution >= 4 is 26.5 Å². The number of rotatable bonds is 6. The number of nitrogens with zero attached hydrogens (tertiary/aromatic N) is 1. The first kappa shape index (κ1) is 12.4. The lowest BCUT2D eigenvalue weighted by atomic mass is 10.4. The van der Waals surface area contributed by atoms with Gasteiger partial charge in [-0.25, -0.2) is 13.4 Å². The molecule has 1 heterocycles. The maximum atomic E-state index is 11.8. The van der Waals surface area contributed by atoms with E-state index < -0.39 is 10.0 Å². The van der Waals surface area contributed by atoms with Crippen molar-refractivity contribution in [3.8, 4) is 0 Å². The van der Waals surface area contributed by atoms with Gasteiger partial charge in [0.25, 0.3) is 0 Å². The molecule has 1 aromatic rings. The van der Waals surface area contributed by atoms with Gasteiger partial charge in [0.15, 0.2) is 5.13 Å². The van der Waals surface area contributed by atoms with Gasteiger partial charge >= 0.3 is 0 Å². The third kappa shape index (κ3) is 3.02. The van der Waals surface area contributed by atoms with Gasteiger partial charge in [0.05, 0.1) is 11.4 Å². The zero-order valence-electron chi connectivity index (χ0n) is 10.1. The molecule has 100 valence electrons. The minimum Gasteiger partial charge on any atom is -0.313 e. The van der Waals surface area contributed by atoms with E-state index in [1.807, 2.05) is 0 Å².